The fourth-order valence-corrected chi connectivity index (χ4v) is 8.95. The van der Waals surface area contributed by atoms with Crippen molar-refractivity contribution in [2.45, 2.75) is 12.1 Å². The van der Waals surface area contributed by atoms with Crippen LogP contribution in [-0.2, 0) is 18.9 Å². The van der Waals surface area contributed by atoms with Crippen LogP contribution in [0.1, 0.15) is 0 Å². The molecule has 47 heavy (non-hydrogen) atoms. The largest absolute Gasteiger partial charge is 0.450 e. The zero-order chi connectivity index (χ0) is 34.7. The van der Waals surface area contributed by atoms with E-state index >= 15 is 0 Å². The first-order chi connectivity index (χ1) is 22.5. The normalized spacial score (nSPS) is 10.9. The summed E-state index contributed by atoms with van der Waals surface area (Å²) in [7, 11) is 3.46. The Morgan fingerprint density at radius 3 is 1.13 bits per heavy atom. The Labute approximate surface area is 277 Å². The number of rotatable bonds is 18. The highest BCUT2D eigenvalue weighted by molar-refractivity contribution is 7.02. The van der Waals surface area contributed by atoms with Crippen LogP contribution in [0.4, 0.5) is 19.2 Å². The quantitative estimate of drug-likeness (QED) is 0.175. The lowest BCUT2D eigenvalue weighted by molar-refractivity contribution is 0.0828. The minimum atomic E-state index is -2.65. The number of amides is 4. The van der Waals surface area contributed by atoms with Crippen LogP contribution in [0.3, 0.4) is 0 Å². The van der Waals surface area contributed by atoms with E-state index in [4.69, 9.17) is 29.2 Å². The predicted octanol–water partition coefficient (Wildman–Crippen LogP) is 1.51. The summed E-state index contributed by atoms with van der Waals surface area (Å²) in [6, 6.07) is 20.9. The van der Waals surface area contributed by atoms with Gasteiger partial charge in [0.25, 0.3) is 0 Å². The first-order valence-corrected chi connectivity index (χ1v) is 17.8. The van der Waals surface area contributed by atoms with Crippen molar-refractivity contribution in [1.29, 1.82) is 0 Å². The zero-order valence-electron chi connectivity index (χ0n) is 27.7. The third-order valence-corrected chi connectivity index (χ3v) is 12.6. The molecule has 2 N–H and O–H groups in total. The number of nitrogens with zero attached hydrogens (tertiary/aromatic N) is 4. The molecule has 14 nitrogen and oxygen atoms in total. The lowest BCUT2D eigenvalue weighted by Gasteiger charge is -2.33. The van der Waals surface area contributed by atoms with Crippen molar-refractivity contribution < 1.29 is 48.3 Å². The molecule has 0 aliphatic carbocycles. The molecule has 15 heteroatoms. The van der Waals surface area contributed by atoms with E-state index in [0.717, 1.165) is 10.4 Å². The number of hydrogen-bond acceptors (Lipinski definition) is 10. The van der Waals surface area contributed by atoms with Gasteiger partial charge in [0.1, 0.15) is 21.3 Å². The van der Waals surface area contributed by atoms with Crippen molar-refractivity contribution in [2.75, 3.05) is 94.0 Å². The van der Waals surface area contributed by atoms with Crippen molar-refractivity contribution in [2.24, 2.45) is 0 Å². The van der Waals surface area contributed by atoms with E-state index in [1.807, 2.05) is 60.7 Å². The fraction of sp³-hybridized carbons (Fsp3) is 0.500. The molecule has 0 saturated carbocycles. The summed E-state index contributed by atoms with van der Waals surface area (Å²) in [5.74, 6) is 0. The maximum Gasteiger partial charge on any atom is 0.409 e. The van der Waals surface area contributed by atoms with Crippen LogP contribution in [0.25, 0.3) is 0 Å². The van der Waals surface area contributed by atoms with Crippen LogP contribution >= 0.6 is 0 Å². The lowest BCUT2D eigenvalue weighted by atomic mass is 10.4. The van der Waals surface area contributed by atoms with Gasteiger partial charge in [-0.1, -0.05) is 71.0 Å². The molecular weight excluding hydrogens is 628 g/mol. The molecule has 2 aromatic carbocycles. The van der Waals surface area contributed by atoms with Gasteiger partial charge in [-0.2, -0.15) is 0 Å². The Morgan fingerprint density at radius 1 is 0.511 bits per heavy atom. The van der Waals surface area contributed by atoms with Crippen LogP contribution in [0.5, 0.6) is 0 Å². The highest BCUT2D eigenvalue weighted by Crippen LogP contribution is 2.18. The standard InChI is InChI=1S/C32H48N4O10Si/c1-33(15-19-37)29(39)43-21-17-35(3)31(41)45-23-25-47(27-11-7-5-8-12-27,28-13-9-6-10-14-28)26-24-46-32(42)36(4)18-22-44-30(40)34(2)16-20-38/h5-14,37-38H,15-26H2,1-4H3. The summed E-state index contributed by atoms with van der Waals surface area (Å²) in [5.41, 5.74) is 0. The summed E-state index contributed by atoms with van der Waals surface area (Å²) in [6.45, 7) is 0.331. The molecule has 0 unspecified atom stereocenters. The molecule has 0 spiro atoms. The van der Waals surface area contributed by atoms with Crippen molar-refractivity contribution in [3.05, 3.63) is 60.7 Å². The molecule has 0 aliphatic heterocycles. The average molecular weight is 677 g/mol. The van der Waals surface area contributed by atoms with Gasteiger partial charge in [-0.15, -0.1) is 0 Å². The number of likely N-dealkylation sites (N-methyl/N-ethyl adjacent to an activating group) is 4. The third-order valence-electron chi connectivity index (χ3n) is 7.58. The monoisotopic (exact) mass is 676 g/mol. The lowest BCUT2D eigenvalue weighted by Crippen LogP contribution is -2.59. The van der Waals surface area contributed by atoms with Crippen molar-refractivity contribution >= 4 is 42.8 Å². The number of aliphatic hydroxyl groups is 2. The average Bonchev–Trinajstić information content (AvgIpc) is 3.08. The summed E-state index contributed by atoms with van der Waals surface area (Å²) < 4.78 is 21.6. The predicted molar refractivity (Wildman–Crippen MR) is 178 cm³/mol. The van der Waals surface area contributed by atoms with Crippen LogP contribution in [0.15, 0.2) is 60.7 Å². The second-order valence-electron chi connectivity index (χ2n) is 10.9. The van der Waals surface area contributed by atoms with Gasteiger partial charge in [0.05, 0.1) is 39.5 Å². The molecule has 2 aromatic rings. The Kier molecular flexibility index (Phi) is 17.1. The van der Waals surface area contributed by atoms with E-state index in [0.29, 0.717) is 12.1 Å². The van der Waals surface area contributed by atoms with Gasteiger partial charge in [0, 0.05) is 41.3 Å². The van der Waals surface area contributed by atoms with E-state index in [9.17, 15) is 19.2 Å². The van der Waals surface area contributed by atoms with Gasteiger partial charge >= 0.3 is 24.4 Å². The number of aliphatic hydroxyl groups excluding tert-OH is 2. The summed E-state index contributed by atoms with van der Waals surface area (Å²) >= 11 is 0. The second kappa shape index (κ2) is 20.7. The minimum Gasteiger partial charge on any atom is -0.450 e. The van der Waals surface area contributed by atoms with E-state index < -0.39 is 32.4 Å². The smallest absolute Gasteiger partial charge is 0.409 e. The molecular formula is C32H48N4O10Si. The van der Waals surface area contributed by atoms with Crippen molar-refractivity contribution in [3.63, 3.8) is 0 Å². The maximum atomic E-state index is 12.8. The SMILES string of the molecule is CN(CCO)C(=O)OCCN(C)C(=O)OCC[Si](CCOC(=O)N(C)CCOC(=O)N(C)CCO)(c1ccccc1)c1ccccc1. The van der Waals surface area contributed by atoms with Crippen LogP contribution in [-0.4, -0.2) is 156 Å². The number of hydrogen-bond donors (Lipinski definition) is 2. The Morgan fingerprint density at radius 2 is 0.809 bits per heavy atom. The van der Waals surface area contributed by atoms with E-state index in [2.05, 4.69) is 0 Å². The van der Waals surface area contributed by atoms with Crippen LogP contribution in [0, 0.1) is 0 Å². The molecule has 2 rings (SSSR count). The molecule has 0 radical (unpaired) electrons. The maximum absolute atomic E-state index is 12.8. The molecule has 0 aliphatic rings. The number of carbonyl (C=O) groups excluding carboxylic acids is 4. The second-order valence-corrected chi connectivity index (χ2v) is 15.2. The van der Waals surface area contributed by atoms with Crippen LogP contribution < -0.4 is 10.4 Å². The molecule has 0 aromatic heterocycles. The highest BCUT2D eigenvalue weighted by atomic mass is 28.3. The molecule has 0 fully saturated rings. The first-order valence-electron chi connectivity index (χ1n) is 15.4. The van der Waals surface area contributed by atoms with Crippen molar-refractivity contribution in [3.8, 4) is 0 Å². The molecule has 4 amide bonds. The van der Waals surface area contributed by atoms with E-state index in [-0.39, 0.29) is 65.8 Å². The first kappa shape index (κ1) is 38.8. The molecule has 0 atom stereocenters. The fourth-order valence-electron chi connectivity index (χ4n) is 4.65. The van der Waals surface area contributed by atoms with Gasteiger partial charge < -0.3 is 48.8 Å². The number of benzene rings is 2. The molecule has 0 saturated heterocycles. The molecule has 260 valence electrons. The highest BCUT2D eigenvalue weighted by Gasteiger charge is 2.37. The summed E-state index contributed by atoms with van der Waals surface area (Å²) in [5, 5.41) is 20.1. The zero-order valence-corrected chi connectivity index (χ0v) is 28.7. The third kappa shape index (κ3) is 12.8. The molecule has 0 heterocycles. The van der Waals surface area contributed by atoms with Gasteiger partial charge in [-0.3, -0.25) is 0 Å². The number of carbonyl (C=O) groups is 4. The van der Waals surface area contributed by atoms with Crippen molar-refractivity contribution in [1.82, 2.24) is 19.6 Å². The van der Waals surface area contributed by atoms with Crippen LogP contribution in [0.2, 0.25) is 12.1 Å². The van der Waals surface area contributed by atoms with Gasteiger partial charge in [-0.25, -0.2) is 19.2 Å². The van der Waals surface area contributed by atoms with Gasteiger partial charge in [0.15, 0.2) is 0 Å². The minimum absolute atomic E-state index is 0.0318. The molecule has 0 bridgehead atoms. The summed E-state index contributed by atoms with van der Waals surface area (Å²) in [4.78, 5) is 54.6. The van der Waals surface area contributed by atoms with Gasteiger partial charge in [-0.05, 0) is 12.1 Å². The van der Waals surface area contributed by atoms with E-state index in [1.165, 1.54) is 33.7 Å². The Hall–Kier alpha value is -4.34. The summed E-state index contributed by atoms with van der Waals surface area (Å²) in [6.07, 6.45) is -2.32. The van der Waals surface area contributed by atoms with Gasteiger partial charge in [0.2, 0.25) is 0 Å². The Bertz CT molecular complexity index is 1150. The Balaban J connectivity index is 2.05. The van der Waals surface area contributed by atoms with E-state index in [1.54, 1.807) is 14.1 Å². The number of ether oxygens (including phenoxy) is 4. The topological polar surface area (TPSA) is 159 Å².